The summed E-state index contributed by atoms with van der Waals surface area (Å²) < 4.78 is 6.48. The number of para-hydroxylation sites is 1. The van der Waals surface area contributed by atoms with Gasteiger partial charge in [0, 0.05) is 24.3 Å². The van der Waals surface area contributed by atoms with Crippen molar-refractivity contribution < 1.29 is 9.53 Å². The van der Waals surface area contributed by atoms with Crippen LogP contribution in [0.5, 0.6) is 5.75 Å². The summed E-state index contributed by atoms with van der Waals surface area (Å²) in [5.41, 5.74) is 3.88. The average Bonchev–Trinajstić information content (AvgIpc) is 3.10. The molecule has 1 aliphatic heterocycles. The average molecular weight is 476 g/mol. The third-order valence-electron chi connectivity index (χ3n) is 5.01. The molecule has 0 bridgehead atoms. The normalized spacial score (nSPS) is 14.7. The van der Waals surface area contributed by atoms with Gasteiger partial charge in [0.15, 0.2) is 5.84 Å². The second kappa shape index (κ2) is 8.78. The maximum absolute atomic E-state index is 13.4. The van der Waals surface area contributed by atoms with Gasteiger partial charge in [-0.1, -0.05) is 40.2 Å². The van der Waals surface area contributed by atoms with Crippen LogP contribution in [0.1, 0.15) is 11.1 Å². The van der Waals surface area contributed by atoms with E-state index < -0.39 is 0 Å². The Morgan fingerprint density at radius 2 is 1.65 bits per heavy atom. The number of nitrogens with zero attached hydrogens (tertiary/aromatic N) is 3. The van der Waals surface area contributed by atoms with Crippen LogP contribution in [-0.4, -0.2) is 32.9 Å². The fourth-order valence-corrected chi connectivity index (χ4v) is 3.65. The fraction of sp³-hybridized carbons (Fsp3) is 0.120. The van der Waals surface area contributed by atoms with E-state index in [1.54, 1.807) is 12.0 Å². The molecule has 0 aromatic heterocycles. The molecular formula is C25H22BrN3O2. The molecule has 0 N–H and O–H groups in total. The van der Waals surface area contributed by atoms with Crippen molar-refractivity contribution >= 4 is 45.1 Å². The third kappa shape index (κ3) is 4.25. The van der Waals surface area contributed by atoms with Gasteiger partial charge in [-0.2, -0.15) is 0 Å². The molecule has 4 rings (SSSR count). The number of amides is 1. The van der Waals surface area contributed by atoms with E-state index in [2.05, 4.69) is 15.9 Å². The summed E-state index contributed by atoms with van der Waals surface area (Å²) in [6.07, 6.45) is 1.82. The summed E-state index contributed by atoms with van der Waals surface area (Å²) in [5, 5.41) is 0. The lowest BCUT2D eigenvalue weighted by atomic mass is 10.1. The molecule has 5 nitrogen and oxygen atoms in total. The minimum absolute atomic E-state index is 0.181. The molecule has 0 saturated heterocycles. The van der Waals surface area contributed by atoms with E-state index in [-0.39, 0.29) is 5.91 Å². The van der Waals surface area contributed by atoms with Crippen LogP contribution < -0.4 is 14.5 Å². The molecule has 0 radical (unpaired) electrons. The molecule has 0 spiro atoms. The van der Waals surface area contributed by atoms with Crippen LogP contribution in [0.2, 0.25) is 0 Å². The van der Waals surface area contributed by atoms with Crippen LogP contribution in [-0.2, 0) is 4.79 Å². The van der Waals surface area contributed by atoms with Crippen molar-refractivity contribution in [3.8, 4) is 5.75 Å². The zero-order valence-corrected chi connectivity index (χ0v) is 19.1. The number of hydrogen-bond donors (Lipinski definition) is 0. The van der Waals surface area contributed by atoms with Gasteiger partial charge in [-0.3, -0.25) is 9.69 Å². The summed E-state index contributed by atoms with van der Waals surface area (Å²) in [5.74, 6) is 1.02. The van der Waals surface area contributed by atoms with Crippen LogP contribution in [0.3, 0.4) is 0 Å². The van der Waals surface area contributed by atoms with Gasteiger partial charge < -0.3 is 9.64 Å². The van der Waals surface area contributed by atoms with Gasteiger partial charge in [-0.25, -0.2) is 4.99 Å². The molecule has 1 heterocycles. The molecule has 156 valence electrons. The van der Waals surface area contributed by atoms with E-state index in [4.69, 9.17) is 9.73 Å². The molecule has 6 heteroatoms. The molecule has 0 atom stereocenters. The number of carbonyl (C=O) groups is 1. The van der Waals surface area contributed by atoms with Gasteiger partial charge in [0.05, 0.1) is 18.4 Å². The second-order valence-corrected chi connectivity index (χ2v) is 8.18. The van der Waals surface area contributed by atoms with E-state index in [0.29, 0.717) is 17.3 Å². The van der Waals surface area contributed by atoms with Crippen molar-refractivity contribution in [3.63, 3.8) is 0 Å². The monoisotopic (exact) mass is 475 g/mol. The Labute approximate surface area is 190 Å². The SMILES string of the molecule is COc1ccccc1C1=N/C(=C/c2ccc(N(C)C)cc2)C(=O)N1c1ccc(Br)cc1. The molecule has 0 aliphatic carbocycles. The van der Waals surface area contributed by atoms with Crippen molar-refractivity contribution in [2.75, 3.05) is 31.0 Å². The Kier molecular flexibility index (Phi) is 5.91. The minimum atomic E-state index is -0.181. The quantitative estimate of drug-likeness (QED) is 0.466. The number of anilines is 2. The van der Waals surface area contributed by atoms with Crippen LogP contribution in [0, 0.1) is 0 Å². The van der Waals surface area contributed by atoms with Gasteiger partial charge in [-0.15, -0.1) is 0 Å². The van der Waals surface area contributed by atoms with Crippen molar-refractivity contribution in [3.05, 3.63) is 94.1 Å². The first-order chi connectivity index (χ1) is 15.0. The van der Waals surface area contributed by atoms with Gasteiger partial charge in [0.1, 0.15) is 11.4 Å². The maximum atomic E-state index is 13.4. The number of halogens is 1. The molecule has 1 amide bonds. The zero-order valence-electron chi connectivity index (χ0n) is 17.5. The molecule has 0 saturated carbocycles. The van der Waals surface area contributed by atoms with Gasteiger partial charge >= 0.3 is 0 Å². The summed E-state index contributed by atoms with van der Waals surface area (Å²) in [6, 6.07) is 23.2. The lowest BCUT2D eigenvalue weighted by Crippen LogP contribution is -2.32. The van der Waals surface area contributed by atoms with E-state index in [1.807, 2.05) is 97.9 Å². The first-order valence-electron chi connectivity index (χ1n) is 9.79. The molecule has 0 unspecified atom stereocenters. The van der Waals surface area contributed by atoms with Crippen molar-refractivity contribution in [2.45, 2.75) is 0 Å². The first-order valence-corrected chi connectivity index (χ1v) is 10.6. The predicted molar refractivity (Wildman–Crippen MR) is 130 cm³/mol. The summed E-state index contributed by atoms with van der Waals surface area (Å²) in [6.45, 7) is 0. The van der Waals surface area contributed by atoms with Gasteiger partial charge in [0.25, 0.3) is 5.91 Å². The number of amidine groups is 1. The van der Waals surface area contributed by atoms with Crippen molar-refractivity contribution in [1.29, 1.82) is 0 Å². The van der Waals surface area contributed by atoms with Crippen LogP contribution >= 0.6 is 15.9 Å². The Bertz CT molecular complexity index is 1170. The maximum Gasteiger partial charge on any atom is 0.282 e. The number of rotatable bonds is 5. The highest BCUT2D eigenvalue weighted by Gasteiger charge is 2.33. The highest BCUT2D eigenvalue weighted by atomic mass is 79.9. The number of hydrogen-bond acceptors (Lipinski definition) is 4. The van der Waals surface area contributed by atoms with Crippen molar-refractivity contribution in [1.82, 2.24) is 0 Å². The lowest BCUT2D eigenvalue weighted by molar-refractivity contribution is -0.113. The van der Waals surface area contributed by atoms with Crippen LogP contribution in [0.15, 0.2) is 88.0 Å². The lowest BCUT2D eigenvalue weighted by Gasteiger charge is -2.20. The standard InChI is InChI=1S/C25H22BrN3O2/c1-28(2)19-12-8-17(9-13-19)16-22-25(30)29(20-14-10-18(26)11-15-20)24(27-22)21-6-4-5-7-23(21)31-3/h4-16H,1-3H3/b22-16+. The fourth-order valence-electron chi connectivity index (χ4n) is 3.38. The number of benzene rings is 3. The first kappa shape index (κ1) is 20.9. The zero-order chi connectivity index (χ0) is 22.0. The predicted octanol–water partition coefficient (Wildman–Crippen LogP) is 5.36. The van der Waals surface area contributed by atoms with E-state index in [9.17, 15) is 4.79 Å². The molecule has 3 aromatic rings. The molecule has 31 heavy (non-hydrogen) atoms. The molecular weight excluding hydrogens is 454 g/mol. The van der Waals surface area contributed by atoms with Gasteiger partial charge in [-0.05, 0) is 60.2 Å². The van der Waals surface area contributed by atoms with Crippen molar-refractivity contribution in [2.24, 2.45) is 4.99 Å². The third-order valence-corrected chi connectivity index (χ3v) is 5.53. The molecule has 1 aliphatic rings. The molecule has 0 fully saturated rings. The summed E-state index contributed by atoms with van der Waals surface area (Å²) in [7, 11) is 5.60. The van der Waals surface area contributed by atoms with Gasteiger partial charge in [0.2, 0.25) is 0 Å². The number of ether oxygens (including phenoxy) is 1. The number of methoxy groups -OCH3 is 1. The van der Waals surface area contributed by atoms with Crippen LogP contribution in [0.25, 0.3) is 6.08 Å². The highest BCUT2D eigenvalue weighted by molar-refractivity contribution is 9.10. The Balaban J connectivity index is 1.81. The van der Waals surface area contributed by atoms with E-state index in [0.717, 1.165) is 27.0 Å². The van der Waals surface area contributed by atoms with E-state index >= 15 is 0 Å². The Hall–Kier alpha value is -3.38. The summed E-state index contributed by atoms with van der Waals surface area (Å²) in [4.78, 5) is 21.8. The van der Waals surface area contributed by atoms with Crippen LogP contribution in [0.4, 0.5) is 11.4 Å². The minimum Gasteiger partial charge on any atom is -0.496 e. The Morgan fingerprint density at radius 3 is 2.29 bits per heavy atom. The highest BCUT2D eigenvalue weighted by Crippen LogP contribution is 2.32. The Morgan fingerprint density at radius 1 is 0.968 bits per heavy atom. The second-order valence-electron chi connectivity index (χ2n) is 7.27. The number of carbonyl (C=O) groups excluding carboxylic acids is 1. The van der Waals surface area contributed by atoms with E-state index in [1.165, 1.54) is 0 Å². The smallest absolute Gasteiger partial charge is 0.282 e. The topological polar surface area (TPSA) is 45.1 Å². The number of aliphatic imine (C=N–C) groups is 1. The molecule has 3 aromatic carbocycles. The summed E-state index contributed by atoms with van der Waals surface area (Å²) >= 11 is 3.46. The largest absolute Gasteiger partial charge is 0.496 e.